The van der Waals surface area contributed by atoms with Crippen LogP contribution in [0.25, 0.3) is 0 Å². The van der Waals surface area contributed by atoms with Gasteiger partial charge in [-0.05, 0) is 24.8 Å². The first-order valence-corrected chi connectivity index (χ1v) is 9.06. The van der Waals surface area contributed by atoms with Crippen molar-refractivity contribution in [2.75, 3.05) is 39.3 Å². The van der Waals surface area contributed by atoms with Gasteiger partial charge in [0.05, 0.1) is 6.61 Å². The van der Waals surface area contributed by atoms with Crippen molar-refractivity contribution in [3.05, 3.63) is 22.4 Å². The molecule has 2 heterocycles. The van der Waals surface area contributed by atoms with Gasteiger partial charge in [-0.25, -0.2) is 4.79 Å². The van der Waals surface area contributed by atoms with E-state index in [-0.39, 0.29) is 17.9 Å². The van der Waals surface area contributed by atoms with Crippen molar-refractivity contribution in [1.29, 1.82) is 0 Å². The van der Waals surface area contributed by atoms with E-state index in [4.69, 9.17) is 4.74 Å². The average Bonchev–Trinajstić information content (AvgIpc) is 3.13. The summed E-state index contributed by atoms with van der Waals surface area (Å²) in [5, 5.41) is 6.46. The van der Waals surface area contributed by atoms with Gasteiger partial charge in [-0.3, -0.25) is 9.59 Å². The molecule has 0 saturated carbocycles. The van der Waals surface area contributed by atoms with E-state index in [2.05, 4.69) is 5.32 Å². The Hall–Kier alpha value is -2.09. The molecule has 1 aromatic heterocycles. The molecule has 7 nitrogen and oxygen atoms in total. The van der Waals surface area contributed by atoms with Gasteiger partial charge in [0.2, 0.25) is 5.91 Å². The minimum atomic E-state index is -0.319. The van der Waals surface area contributed by atoms with Gasteiger partial charge in [0, 0.05) is 50.1 Å². The number of amides is 3. The molecule has 0 atom stereocenters. The predicted molar refractivity (Wildman–Crippen MR) is 91.1 cm³/mol. The van der Waals surface area contributed by atoms with Gasteiger partial charge >= 0.3 is 6.09 Å². The highest BCUT2D eigenvalue weighted by molar-refractivity contribution is 7.08. The normalized spacial score (nSPS) is 14.4. The monoisotopic (exact) mass is 353 g/mol. The maximum absolute atomic E-state index is 12.2. The maximum atomic E-state index is 12.2. The Kier molecular flexibility index (Phi) is 7.05. The SMILES string of the molecule is CCOC(=O)N1CCN(C(=O)CCCNC(=O)c2ccsc2)CC1. The Bertz CT molecular complexity index is 554. The maximum Gasteiger partial charge on any atom is 0.409 e. The summed E-state index contributed by atoms with van der Waals surface area (Å²) in [6, 6.07) is 1.77. The van der Waals surface area contributed by atoms with Crippen molar-refractivity contribution in [1.82, 2.24) is 15.1 Å². The number of ether oxygens (including phenoxy) is 1. The lowest BCUT2D eigenvalue weighted by Gasteiger charge is -2.34. The lowest BCUT2D eigenvalue weighted by molar-refractivity contribution is -0.132. The Balaban J connectivity index is 1.61. The second kappa shape index (κ2) is 9.27. The topological polar surface area (TPSA) is 79.0 Å². The zero-order chi connectivity index (χ0) is 17.4. The van der Waals surface area contributed by atoms with E-state index in [1.165, 1.54) is 11.3 Å². The molecular weight excluding hydrogens is 330 g/mol. The molecule has 1 saturated heterocycles. The van der Waals surface area contributed by atoms with E-state index in [0.717, 1.165) is 0 Å². The standard InChI is InChI=1S/C16H23N3O4S/c1-2-23-16(22)19-9-7-18(8-10-19)14(20)4-3-6-17-15(21)13-5-11-24-12-13/h5,11-12H,2-4,6-10H2,1H3,(H,17,21). The molecule has 1 aliphatic heterocycles. The van der Waals surface area contributed by atoms with Crippen molar-refractivity contribution in [3.63, 3.8) is 0 Å². The third kappa shape index (κ3) is 5.23. The molecule has 0 spiro atoms. The molecule has 8 heteroatoms. The van der Waals surface area contributed by atoms with Gasteiger partial charge in [-0.15, -0.1) is 0 Å². The van der Waals surface area contributed by atoms with Gasteiger partial charge < -0.3 is 19.9 Å². The van der Waals surface area contributed by atoms with E-state index in [1.54, 1.807) is 28.2 Å². The second-order valence-electron chi connectivity index (χ2n) is 5.44. The zero-order valence-electron chi connectivity index (χ0n) is 13.8. The van der Waals surface area contributed by atoms with Gasteiger partial charge in [-0.2, -0.15) is 11.3 Å². The molecule has 1 aliphatic rings. The fourth-order valence-corrected chi connectivity index (χ4v) is 3.08. The van der Waals surface area contributed by atoms with Gasteiger partial charge in [0.1, 0.15) is 0 Å². The third-order valence-electron chi connectivity index (χ3n) is 3.79. The minimum absolute atomic E-state index is 0.0586. The third-order valence-corrected chi connectivity index (χ3v) is 4.48. The summed E-state index contributed by atoms with van der Waals surface area (Å²) >= 11 is 1.48. The van der Waals surface area contributed by atoms with Crippen LogP contribution in [0.2, 0.25) is 0 Å². The quantitative estimate of drug-likeness (QED) is 0.787. The number of piperazine rings is 1. The van der Waals surface area contributed by atoms with Crippen LogP contribution in [-0.4, -0.2) is 67.0 Å². The second-order valence-corrected chi connectivity index (χ2v) is 6.22. The predicted octanol–water partition coefficient (Wildman–Crippen LogP) is 1.56. The highest BCUT2D eigenvalue weighted by Crippen LogP contribution is 2.07. The number of nitrogens with zero attached hydrogens (tertiary/aromatic N) is 2. The molecule has 2 rings (SSSR count). The van der Waals surface area contributed by atoms with Crippen molar-refractivity contribution in [3.8, 4) is 0 Å². The minimum Gasteiger partial charge on any atom is -0.450 e. The van der Waals surface area contributed by atoms with Crippen LogP contribution >= 0.6 is 11.3 Å². The Labute approximate surface area is 145 Å². The molecule has 0 radical (unpaired) electrons. The summed E-state index contributed by atoms with van der Waals surface area (Å²) < 4.78 is 4.95. The van der Waals surface area contributed by atoms with Crippen molar-refractivity contribution in [2.24, 2.45) is 0 Å². The lowest BCUT2D eigenvalue weighted by Crippen LogP contribution is -2.50. The first-order chi connectivity index (χ1) is 11.6. The van der Waals surface area contributed by atoms with Crippen LogP contribution < -0.4 is 5.32 Å². The van der Waals surface area contributed by atoms with Crippen LogP contribution in [0, 0.1) is 0 Å². The Morgan fingerprint density at radius 2 is 1.92 bits per heavy atom. The first kappa shape index (κ1) is 18.3. The number of nitrogens with one attached hydrogen (secondary N) is 1. The Morgan fingerprint density at radius 1 is 1.21 bits per heavy atom. The molecule has 1 fully saturated rings. The summed E-state index contributed by atoms with van der Waals surface area (Å²) in [4.78, 5) is 38.9. The summed E-state index contributed by atoms with van der Waals surface area (Å²) in [6.07, 6.45) is 0.677. The van der Waals surface area contributed by atoms with Crippen molar-refractivity contribution in [2.45, 2.75) is 19.8 Å². The Morgan fingerprint density at radius 3 is 2.54 bits per heavy atom. The molecule has 0 unspecified atom stereocenters. The van der Waals surface area contributed by atoms with Gasteiger partial charge in [-0.1, -0.05) is 0 Å². The first-order valence-electron chi connectivity index (χ1n) is 8.11. The molecule has 132 valence electrons. The van der Waals surface area contributed by atoms with Crippen LogP contribution in [-0.2, 0) is 9.53 Å². The largest absolute Gasteiger partial charge is 0.450 e. The van der Waals surface area contributed by atoms with E-state index in [9.17, 15) is 14.4 Å². The average molecular weight is 353 g/mol. The van der Waals surface area contributed by atoms with Crippen LogP contribution in [0.1, 0.15) is 30.1 Å². The number of thiophene rings is 1. The van der Waals surface area contributed by atoms with E-state index >= 15 is 0 Å². The van der Waals surface area contributed by atoms with Gasteiger partial charge in [0.25, 0.3) is 5.91 Å². The molecule has 24 heavy (non-hydrogen) atoms. The van der Waals surface area contributed by atoms with E-state index in [1.807, 2.05) is 5.38 Å². The summed E-state index contributed by atoms with van der Waals surface area (Å²) in [5.41, 5.74) is 0.654. The molecule has 0 bridgehead atoms. The number of carbonyl (C=O) groups is 3. The van der Waals surface area contributed by atoms with Crippen LogP contribution in [0.15, 0.2) is 16.8 Å². The number of rotatable bonds is 6. The van der Waals surface area contributed by atoms with Crippen LogP contribution in [0.5, 0.6) is 0 Å². The zero-order valence-corrected chi connectivity index (χ0v) is 14.6. The summed E-state index contributed by atoms with van der Waals surface area (Å²) in [6.45, 7) is 4.66. The van der Waals surface area contributed by atoms with Crippen molar-refractivity contribution >= 4 is 29.2 Å². The van der Waals surface area contributed by atoms with Crippen molar-refractivity contribution < 1.29 is 19.1 Å². The molecule has 0 aromatic carbocycles. The lowest BCUT2D eigenvalue weighted by atomic mass is 10.2. The smallest absolute Gasteiger partial charge is 0.409 e. The molecule has 1 aromatic rings. The van der Waals surface area contributed by atoms with Crippen LogP contribution in [0.3, 0.4) is 0 Å². The highest BCUT2D eigenvalue weighted by atomic mass is 32.1. The van der Waals surface area contributed by atoms with Crippen LogP contribution in [0.4, 0.5) is 4.79 Å². The fourth-order valence-electron chi connectivity index (χ4n) is 2.45. The summed E-state index contributed by atoms with van der Waals surface area (Å²) in [7, 11) is 0. The molecule has 3 amide bonds. The number of hydrogen-bond donors (Lipinski definition) is 1. The molecule has 1 N–H and O–H groups in total. The molecular formula is C16H23N3O4S. The fraction of sp³-hybridized carbons (Fsp3) is 0.562. The van der Waals surface area contributed by atoms with E-state index < -0.39 is 0 Å². The van der Waals surface area contributed by atoms with E-state index in [0.29, 0.717) is 57.7 Å². The molecule has 0 aliphatic carbocycles. The number of hydrogen-bond acceptors (Lipinski definition) is 5. The number of carbonyl (C=O) groups excluding carboxylic acids is 3. The highest BCUT2D eigenvalue weighted by Gasteiger charge is 2.24. The summed E-state index contributed by atoms with van der Waals surface area (Å²) in [5.74, 6) is -0.0463. The van der Waals surface area contributed by atoms with Gasteiger partial charge in [0.15, 0.2) is 0 Å².